The van der Waals surface area contributed by atoms with Crippen LogP contribution < -0.4 is 10.9 Å². The van der Waals surface area contributed by atoms with Crippen molar-refractivity contribution in [3.8, 4) is 6.07 Å². The predicted molar refractivity (Wildman–Crippen MR) is 160 cm³/mol. The summed E-state index contributed by atoms with van der Waals surface area (Å²) in [5.74, 6) is -5.24. The van der Waals surface area contributed by atoms with Crippen LogP contribution in [0.4, 0.5) is 27.8 Å². The number of piperidine rings is 1. The Morgan fingerprint density at radius 1 is 1.02 bits per heavy atom. The van der Waals surface area contributed by atoms with E-state index in [4.69, 9.17) is 0 Å². The van der Waals surface area contributed by atoms with E-state index in [2.05, 4.69) is 26.3 Å². The number of halogens is 5. The molecule has 4 aliphatic rings. The molecule has 1 saturated carbocycles. The quantitative estimate of drug-likeness (QED) is 0.302. The molecule has 1 aliphatic carbocycles. The minimum absolute atomic E-state index is 0.00282. The second-order valence-corrected chi connectivity index (χ2v) is 12.8. The van der Waals surface area contributed by atoms with Crippen molar-refractivity contribution >= 4 is 16.9 Å². The first kappa shape index (κ1) is 31.4. The molecule has 5 heterocycles. The highest BCUT2D eigenvalue weighted by atomic mass is 19.3. The number of aromatic nitrogens is 3. The second kappa shape index (κ2) is 12.3. The average Bonchev–Trinajstić information content (AvgIpc) is 3.82. The van der Waals surface area contributed by atoms with Crippen molar-refractivity contribution in [1.82, 2.24) is 19.4 Å². The van der Waals surface area contributed by atoms with Crippen LogP contribution in [0.5, 0.6) is 0 Å². The zero-order valence-corrected chi connectivity index (χ0v) is 25.2. The molecule has 1 aromatic carbocycles. The number of rotatable bonds is 2. The van der Waals surface area contributed by atoms with Gasteiger partial charge in [-0.3, -0.25) is 9.36 Å². The molecule has 3 aliphatic heterocycles. The molecular weight excluding hydrogens is 591 g/mol. The Bertz CT molecular complexity index is 1660. The van der Waals surface area contributed by atoms with Gasteiger partial charge in [0.25, 0.3) is 17.9 Å². The number of pyridine rings is 1. The summed E-state index contributed by atoms with van der Waals surface area (Å²) < 4.78 is 78.1. The number of nitriles is 1. The summed E-state index contributed by atoms with van der Waals surface area (Å²) >= 11 is 0. The molecule has 12 heteroatoms. The first-order chi connectivity index (χ1) is 21.6. The number of alkyl halides is 4. The molecule has 7 rings (SSSR count). The van der Waals surface area contributed by atoms with E-state index in [-0.39, 0.29) is 47.2 Å². The number of nitrogens with one attached hydrogen (secondary N) is 1. The van der Waals surface area contributed by atoms with Crippen LogP contribution in [-0.4, -0.2) is 45.5 Å². The zero-order chi connectivity index (χ0) is 31.9. The maximum Gasteiger partial charge on any atom is 0.278 e. The van der Waals surface area contributed by atoms with Gasteiger partial charge in [0.1, 0.15) is 23.6 Å². The van der Waals surface area contributed by atoms with E-state index >= 15 is 13.2 Å². The summed E-state index contributed by atoms with van der Waals surface area (Å²) in [7, 11) is 0. The van der Waals surface area contributed by atoms with Crippen LogP contribution in [0, 0.1) is 23.1 Å². The minimum Gasteiger partial charge on any atom is -0.363 e. The van der Waals surface area contributed by atoms with E-state index in [1.807, 2.05) is 0 Å². The van der Waals surface area contributed by atoms with Gasteiger partial charge in [0, 0.05) is 17.0 Å². The van der Waals surface area contributed by atoms with E-state index in [0.29, 0.717) is 45.3 Å². The van der Waals surface area contributed by atoms with Crippen molar-refractivity contribution in [2.45, 2.75) is 94.6 Å². The van der Waals surface area contributed by atoms with Gasteiger partial charge in [0.15, 0.2) is 0 Å². The summed E-state index contributed by atoms with van der Waals surface area (Å²) in [6, 6.07) is 5.31. The van der Waals surface area contributed by atoms with Crippen molar-refractivity contribution in [3.05, 3.63) is 63.5 Å². The molecule has 45 heavy (non-hydrogen) atoms. The Kier molecular flexibility index (Phi) is 8.59. The third-order valence-electron chi connectivity index (χ3n) is 9.96. The molecule has 2 fully saturated rings. The highest BCUT2D eigenvalue weighted by Gasteiger charge is 2.48. The number of anilines is 1. The fourth-order valence-electron chi connectivity index (χ4n) is 7.05. The van der Waals surface area contributed by atoms with E-state index in [1.54, 1.807) is 6.92 Å². The fourth-order valence-corrected chi connectivity index (χ4v) is 7.05. The molecule has 7 nitrogen and oxygen atoms in total. The molecule has 8 bridgehead atoms. The van der Waals surface area contributed by atoms with Crippen LogP contribution in [-0.2, 0) is 11.3 Å². The number of hydrogen-bond donors (Lipinski definition) is 1. The van der Waals surface area contributed by atoms with Crippen LogP contribution in [0.2, 0.25) is 0 Å². The molecule has 1 unspecified atom stereocenters. The monoisotopic (exact) mass is 628 g/mol. The molecule has 0 radical (unpaired) electrons. The van der Waals surface area contributed by atoms with Gasteiger partial charge < -0.3 is 10.2 Å². The summed E-state index contributed by atoms with van der Waals surface area (Å²) in [5.41, 5.74) is -2.34. The highest BCUT2D eigenvalue weighted by Crippen LogP contribution is 2.48. The standard InChI is InChI=1S/C33H37F5N6O/c1-20-22-7-6-8-24(27(22)34)33(37,38)21-10-15-43(16-11-21)14-5-3-2-4-9-26(28(35)36)44-30-23(29(42-20)40-19-41-30)17-25(31(44)45)32(18-39)12-13-32/h6-8,17,19-21,26,28H,2-5,9-16H2,1H3,(H,40,41,42)/t20-,26?/m1/s1. The van der Waals surface area contributed by atoms with Gasteiger partial charge in [0.05, 0.1) is 34.5 Å². The molecule has 0 spiro atoms. The van der Waals surface area contributed by atoms with Crippen molar-refractivity contribution < 1.29 is 22.0 Å². The Balaban J connectivity index is 1.48. The maximum atomic E-state index is 15.9. The van der Waals surface area contributed by atoms with Crippen molar-refractivity contribution in [2.75, 3.05) is 25.0 Å². The normalized spacial score (nSPS) is 26.6. The lowest BCUT2D eigenvalue weighted by Crippen LogP contribution is -2.40. The summed E-state index contributed by atoms with van der Waals surface area (Å²) in [6.07, 6.45) is 2.31. The predicted octanol–water partition coefficient (Wildman–Crippen LogP) is 7.23. The molecule has 1 saturated heterocycles. The molecule has 3 aromatic rings. The first-order valence-electron chi connectivity index (χ1n) is 15.8. The van der Waals surface area contributed by atoms with Crippen LogP contribution in [0.25, 0.3) is 11.0 Å². The van der Waals surface area contributed by atoms with Gasteiger partial charge in [0.2, 0.25) is 0 Å². The number of hydrogen-bond acceptors (Lipinski definition) is 6. The largest absolute Gasteiger partial charge is 0.363 e. The highest BCUT2D eigenvalue weighted by molar-refractivity contribution is 5.87. The Labute approximate surface area is 258 Å². The first-order valence-corrected chi connectivity index (χ1v) is 15.8. The van der Waals surface area contributed by atoms with Gasteiger partial charge in [-0.2, -0.15) is 5.26 Å². The van der Waals surface area contributed by atoms with Gasteiger partial charge in [-0.05, 0) is 71.1 Å². The van der Waals surface area contributed by atoms with Crippen molar-refractivity contribution in [2.24, 2.45) is 5.92 Å². The average molecular weight is 629 g/mol. The van der Waals surface area contributed by atoms with E-state index < -0.39 is 52.7 Å². The summed E-state index contributed by atoms with van der Waals surface area (Å²) in [4.78, 5) is 24.5. The van der Waals surface area contributed by atoms with Crippen molar-refractivity contribution in [1.29, 1.82) is 5.26 Å². The van der Waals surface area contributed by atoms with Gasteiger partial charge >= 0.3 is 0 Å². The smallest absolute Gasteiger partial charge is 0.278 e. The Morgan fingerprint density at radius 3 is 2.44 bits per heavy atom. The third-order valence-corrected chi connectivity index (χ3v) is 9.96. The molecule has 2 aromatic heterocycles. The van der Waals surface area contributed by atoms with E-state index in [0.717, 1.165) is 29.8 Å². The number of fused-ring (bicyclic) bond motifs is 9. The number of nitrogens with zero attached hydrogens (tertiary/aromatic N) is 5. The molecule has 240 valence electrons. The summed E-state index contributed by atoms with van der Waals surface area (Å²) in [6.45, 7) is 3.28. The van der Waals surface area contributed by atoms with E-state index in [9.17, 15) is 18.8 Å². The summed E-state index contributed by atoms with van der Waals surface area (Å²) in [5, 5.41) is 13.2. The van der Waals surface area contributed by atoms with Crippen LogP contribution in [0.15, 0.2) is 35.4 Å². The third kappa shape index (κ3) is 5.80. The lowest BCUT2D eigenvalue weighted by atomic mass is 9.85. The SMILES string of the molecule is C[C@H]1Nc2ncnc3c2cc(C2(C#N)CC2)c(=O)n3C(C(F)F)CCCCCCN2CCC(CC2)C(F)(F)c2cccc1c2F. The second-order valence-electron chi connectivity index (χ2n) is 12.8. The molecule has 2 atom stereocenters. The van der Waals surface area contributed by atoms with Gasteiger partial charge in [-0.25, -0.2) is 31.9 Å². The van der Waals surface area contributed by atoms with Crippen LogP contribution in [0.1, 0.15) is 93.5 Å². The maximum absolute atomic E-state index is 15.9. The van der Waals surface area contributed by atoms with Gasteiger partial charge in [-0.1, -0.05) is 37.5 Å². The Morgan fingerprint density at radius 2 is 1.76 bits per heavy atom. The number of benzene rings is 1. The van der Waals surface area contributed by atoms with E-state index in [1.165, 1.54) is 18.2 Å². The molecule has 1 N–H and O–H groups in total. The van der Waals surface area contributed by atoms with Crippen molar-refractivity contribution in [3.63, 3.8) is 0 Å². The van der Waals surface area contributed by atoms with Crippen LogP contribution in [0.3, 0.4) is 0 Å². The fraction of sp³-hybridized carbons (Fsp3) is 0.576. The lowest BCUT2D eigenvalue weighted by Gasteiger charge is -2.36. The minimum atomic E-state index is -3.36. The topological polar surface area (TPSA) is 86.8 Å². The Hall–Kier alpha value is -3.59. The van der Waals surface area contributed by atoms with Gasteiger partial charge in [-0.15, -0.1) is 0 Å². The zero-order valence-electron chi connectivity index (χ0n) is 25.2. The van der Waals surface area contributed by atoms with Crippen LogP contribution >= 0.6 is 0 Å². The molecule has 0 amide bonds. The molecular formula is C33H37F5N6O. The lowest BCUT2D eigenvalue weighted by molar-refractivity contribution is -0.0880.